The molecule has 0 N–H and O–H groups in total. The minimum atomic E-state index is -0.733. The van der Waals surface area contributed by atoms with E-state index in [9.17, 15) is 9.59 Å². The second-order valence-electron chi connectivity index (χ2n) is 9.10. The van der Waals surface area contributed by atoms with Gasteiger partial charge in [0.25, 0.3) is 0 Å². The van der Waals surface area contributed by atoms with Gasteiger partial charge in [0.15, 0.2) is 6.10 Å². The molecular weight excluding hydrogens is 392 g/mol. The lowest BCUT2D eigenvalue weighted by Gasteiger charge is -2.58. The third-order valence-corrected chi connectivity index (χ3v) is 7.80. The van der Waals surface area contributed by atoms with Gasteiger partial charge in [-0.25, -0.2) is 0 Å². The number of rotatable bonds is 4. The van der Waals surface area contributed by atoms with E-state index >= 15 is 0 Å². The van der Waals surface area contributed by atoms with E-state index in [2.05, 4.69) is 15.9 Å². The zero-order valence-electron chi connectivity index (χ0n) is 15.8. The van der Waals surface area contributed by atoms with Crippen molar-refractivity contribution in [1.29, 1.82) is 0 Å². The summed E-state index contributed by atoms with van der Waals surface area (Å²) in [5, 5.41) is 0. The van der Waals surface area contributed by atoms with Crippen LogP contribution in [0.25, 0.3) is 0 Å². The third kappa shape index (κ3) is 3.04. The van der Waals surface area contributed by atoms with E-state index in [-0.39, 0.29) is 21.5 Å². The van der Waals surface area contributed by atoms with Crippen LogP contribution in [-0.2, 0) is 9.53 Å². The van der Waals surface area contributed by atoms with Crippen LogP contribution >= 0.6 is 15.9 Å². The summed E-state index contributed by atoms with van der Waals surface area (Å²) in [6.45, 7) is 5.73. The van der Waals surface area contributed by atoms with Crippen molar-refractivity contribution in [2.45, 2.75) is 69.7 Å². The fraction of sp³-hybridized carbons (Fsp3) is 0.636. The van der Waals surface area contributed by atoms with Gasteiger partial charge in [0.2, 0.25) is 5.78 Å². The third-order valence-electron chi connectivity index (χ3n) is 6.87. The fourth-order valence-corrected chi connectivity index (χ4v) is 7.31. The molecule has 140 valence electrons. The van der Waals surface area contributed by atoms with Crippen LogP contribution in [0.2, 0.25) is 0 Å². The molecule has 4 saturated carbocycles. The maximum Gasteiger partial charge on any atom is 0.312 e. The summed E-state index contributed by atoms with van der Waals surface area (Å²) < 4.78 is 5.87. The van der Waals surface area contributed by atoms with Crippen LogP contribution in [0.4, 0.5) is 0 Å². The fourth-order valence-electron chi connectivity index (χ4n) is 5.86. The van der Waals surface area contributed by atoms with Crippen molar-refractivity contribution in [3.63, 3.8) is 0 Å². The maximum atomic E-state index is 13.1. The number of halogens is 1. The molecule has 4 aliphatic carbocycles. The summed E-state index contributed by atoms with van der Waals surface area (Å²) >= 11 is 3.93. The molecule has 0 saturated heterocycles. The normalized spacial score (nSPS) is 36.0. The van der Waals surface area contributed by atoms with Crippen LogP contribution in [0, 0.1) is 31.1 Å². The highest BCUT2D eigenvalue weighted by Gasteiger charge is 2.60. The van der Waals surface area contributed by atoms with Gasteiger partial charge < -0.3 is 4.74 Å². The molecule has 0 heterocycles. The minimum absolute atomic E-state index is 0.109. The number of carbonyl (C=O) groups excluding carboxylic acids is 2. The Labute approximate surface area is 164 Å². The second kappa shape index (κ2) is 6.19. The molecule has 2 unspecified atom stereocenters. The van der Waals surface area contributed by atoms with E-state index in [1.54, 1.807) is 6.92 Å². The molecule has 4 fully saturated rings. The maximum absolute atomic E-state index is 13.1. The standard InChI is InChI=1S/C22H27BrO3/c1-13-4-5-18(6-14(13)2)19(24)15(3)26-20(25)21-8-16-7-17(9-21)11-22(23,10-16)12-21/h4-6,15-17H,7-12H2,1-3H3/t15-,16-,17+,21?,22?/m0/s1. The Kier molecular flexibility index (Phi) is 4.33. The number of carbonyl (C=O) groups is 2. The molecule has 4 aliphatic rings. The highest BCUT2D eigenvalue weighted by atomic mass is 79.9. The second-order valence-corrected chi connectivity index (χ2v) is 10.8. The van der Waals surface area contributed by atoms with Gasteiger partial charge in [0.05, 0.1) is 5.41 Å². The van der Waals surface area contributed by atoms with Crippen LogP contribution in [0.5, 0.6) is 0 Å². The van der Waals surface area contributed by atoms with Gasteiger partial charge in [0.1, 0.15) is 0 Å². The smallest absolute Gasteiger partial charge is 0.312 e. The van der Waals surface area contributed by atoms with Crippen LogP contribution < -0.4 is 0 Å². The molecule has 5 rings (SSSR count). The number of benzene rings is 1. The number of ketones is 1. The molecule has 0 radical (unpaired) electrons. The number of aryl methyl sites for hydroxylation is 2. The number of hydrogen-bond acceptors (Lipinski definition) is 3. The van der Waals surface area contributed by atoms with Crippen molar-refractivity contribution in [2.24, 2.45) is 17.3 Å². The van der Waals surface area contributed by atoms with E-state index in [1.165, 1.54) is 19.3 Å². The Bertz CT molecular complexity index is 755. The predicted octanol–water partition coefficient (Wildman–Crippen LogP) is 5.15. The van der Waals surface area contributed by atoms with Gasteiger partial charge in [-0.2, -0.15) is 0 Å². The lowest BCUT2D eigenvalue weighted by molar-refractivity contribution is -0.172. The Morgan fingerprint density at radius 3 is 2.35 bits per heavy atom. The molecule has 3 nitrogen and oxygen atoms in total. The highest BCUT2D eigenvalue weighted by Crippen LogP contribution is 2.64. The van der Waals surface area contributed by atoms with E-state index in [1.807, 2.05) is 32.0 Å². The van der Waals surface area contributed by atoms with Gasteiger partial charge in [-0.1, -0.05) is 28.1 Å². The lowest BCUT2D eigenvalue weighted by Crippen LogP contribution is -2.56. The predicted molar refractivity (Wildman–Crippen MR) is 105 cm³/mol. The Hall–Kier alpha value is -1.16. The Morgan fingerprint density at radius 2 is 1.77 bits per heavy atom. The largest absolute Gasteiger partial charge is 0.454 e. The first-order chi connectivity index (χ1) is 12.2. The van der Waals surface area contributed by atoms with E-state index in [4.69, 9.17) is 4.74 Å². The summed E-state index contributed by atoms with van der Waals surface area (Å²) in [4.78, 5) is 25.9. The average Bonchev–Trinajstić information content (AvgIpc) is 2.54. The number of esters is 1. The Balaban J connectivity index is 1.49. The van der Waals surface area contributed by atoms with Crippen LogP contribution in [0.15, 0.2) is 18.2 Å². The molecule has 1 aromatic rings. The Morgan fingerprint density at radius 1 is 1.12 bits per heavy atom. The SMILES string of the molecule is Cc1ccc(C(=O)[C@H](C)OC(=O)C23C[C@@H]4C[C@@H](CC(Br)(C4)C2)C3)cc1C. The summed E-state index contributed by atoms with van der Waals surface area (Å²) in [6, 6.07) is 5.66. The summed E-state index contributed by atoms with van der Waals surface area (Å²) in [6.07, 6.45) is 5.59. The van der Waals surface area contributed by atoms with Gasteiger partial charge in [-0.3, -0.25) is 9.59 Å². The summed E-state index contributed by atoms with van der Waals surface area (Å²) in [7, 11) is 0. The molecule has 0 amide bonds. The molecule has 1 aromatic carbocycles. The first-order valence-electron chi connectivity index (χ1n) is 9.71. The zero-order chi connectivity index (χ0) is 18.7. The topological polar surface area (TPSA) is 43.4 Å². The van der Waals surface area contributed by atoms with E-state index < -0.39 is 6.10 Å². The number of alkyl halides is 1. The van der Waals surface area contributed by atoms with Gasteiger partial charge in [-0.15, -0.1) is 0 Å². The highest BCUT2D eigenvalue weighted by molar-refractivity contribution is 9.10. The van der Waals surface area contributed by atoms with Crippen molar-refractivity contribution < 1.29 is 14.3 Å². The molecule has 0 spiro atoms. The zero-order valence-corrected chi connectivity index (χ0v) is 17.4. The quantitative estimate of drug-likeness (QED) is 0.385. The van der Waals surface area contributed by atoms with Crippen LogP contribution in [0.1, 0.15) is 66.9 Å². The monoisotopic (exact) mass is 418 g/mol. The first-order valence-corrected chi connectivity index (χ1v) is 10.5. The molecule has 5 atom stereocenters. The molecule has 4 heteroatoms. The molecular formula is C22H27BrO3. The number of Topliss-reactive ketones (excluding diaryl/α,β-unsaturated/α-hetero) is 1. The summed E-state index contributed by atoms with van der Waals surface area (Å²) in [5.74, 6) is 0.975. The minimum Gasteiger partial charge on any atom is -0.454 e. The molecule has 4 bridgehead atoms. The van der Waals surface area contributed by atoms with Crippen molar-refractivity contribution in [2.75, 3.05) is 0 Å². The van der Waals surface area contributed by atoms with Crippen molar-refractivity contribution in [3.8, 4) is 0 Å². The van der Waals surface area contributed by atoms with E-state index in [0.717, 1.165) is 30.4 Å². The lowest BCUT2D eigenvalue weighted by atomic mass is 9.49. The van der Waals surface area contributed by atoms with Gasteiger partial charge in [0, 0.05) is 9.89 Å². The first kappa shape index (κ1) is 18.2. The average molecular weight is 419 g/mol. The van der Waals surface area contributed by atoms with Gasteiger partial charge in [-0.05, 0) is 88.3 Å². The van der Waals surface area contributed by atoms with Crippen LogP contribution in [-0.4, -0.2) is 22.2 Å². The number of ether oxygens (including phenoxy) is 1. The summed E-state index contributed by atoms with van der Waals surface area (Å²) in [5.41, 5.74) is 2.47. The van der Waals surface area contributed by atoms with Crippen molar-refractivity contribution >= 4 is 27.7 Å². The van der Waals surface area contributed by atoms with E-state index in [0.29, 0.717) is 17.4 Å². The van der Waals surface area contributed by atoms with Crippen molar-refractivity contribution in [1.82, 2.24) is 0 Å². The van der Waals surface area contributed by atoms with Crippen LogP contribution in [0.3, 0.4) is 0 Å². The van der Waals surface area contributed by atoms with Gasteiger partial charge >= 0.3 is 5.97 Å². The molecule has 0 aliphatic heterocycles. The molecule has 0 aromatic heterocycles. The molecule has 26 heavy (non-hydrogen) atoms. The van der Waals surface area contributed by atoms with Crippen molar-refractivity contribution in [3.05, 3.63) is 34.9 Å². The number of hydrogen-bond donors (Lipinski definition) is 0.